The summed E-state index contributed by atoms with van der Waals surface area (Å²) in [7, 11) is 0. The van der Waals surface area contributed by atoms with Crippen LogP contribution in [0.5, 0.6) is 0 Å². The van der Waals surface area contributed by atoms with Gasteiger partial charge in [0, 0.05) is 0 Å². The Labute approximate surface area is 106 Å². The second-order valence-electron chi connectivity index (χ2n) is 4.78. The van der Waals surface area contributed by atoms with Gasteiger partial charge in [-0.2, -0.15) is 0 Å². The zero-order valence-corrected chi connectivity index (χ0v) is 10.3. The van der Waals surface area contributed by atoms with E-state index in [1.54, 1.807) is 12.1 Å². The Balaban J connectivity index is 2.05. The molecule has 1 heterocycles. The Kier molecular flexibility index (Phi) is 4.31. The molecule has 1 N–H and O–H groups in total. The topological polar surface area (TPSA) is 40.5 Å². The van der Waals surface area contributed by atoms with Crippen LogP contribution in [0.3, 0.4) is 0 Å². The van der Waals surface area contributed by atoms with E-state index >= 15 is 0 Å². The lowest BCUT2D eigenvalue weighted by molar-refractivity contribution is -0.143. The molecule has 0 unspecified atom stereocenters. The summed E-state index contributed by atoms with van der Waals surface area (Å²) >= 11 is 0. The maximum absolute atomic E-state index is 12.8. The number of benzene rings is 1. The molecule has 1 aromatic carbocycles. The summed E-state index contributed by atoms with van der Waals surface area (Å²) in [5, 5.41) is 9.33. The SMILES string of the molecule is O=C(O)[C@H](Cc1ccc(F)cc1)N1CCCCC1. The van der Waals surface area contributed by atoms with Crippen LogP contribution < -0.4 is 0 Å². The molecule has 0 radical (unpaired) electrons. The number of aliphatic carboxylic acids is 1. The number of carboxylic acid groups (broad SMARTS) is 1. The van der Waals surface area contributed by atoms with Gasteiger partial charge in [0.2, 0.25) is 0 Å². The van der Waals surface area contributed by atoms with Crippen molar-refractivity contribution in [3.8, 4) is 0 Å². The smallest absolute Gasteiger partial charge is 0.321 e. The number of piperidine rings is 1. The van der Waals surface area contributed by atoms with Crippen molar-refractivity contribution in [1.29, 1.82) is 0 Å². The molecular formula is C14H18FNO2. The number of halogens is 1. The molecule has 1 aromatic rings. The summed E-state index contributed by atoms with van der Waals surface area (Å²) < 4.78 is 12.8. The second kappa shape index (κ2) is 5.96. The van der Waals surface area contributed by atoms with E-state index < -0.39 is 12.0 Å². The molecule has 1 aliphatic heterocycles. The van der Waals surface area contributed by atoms with Crippen LogP contribution in [-0.2, 0) is 11.2 Å². The first-order valence-corrected chi connectivity index (χ1v) is 6.38. The molecule has 18 heavy (non-hydrogen) atoms. The Hall–Kier alpha value is -1.42. The summed E-state index contributed by atoms with van der Waals surface area (Å²) in [6, 6.07) is 5.59. The average Bonchev–Trinajstić information content (AvgIpc) is 2.38. The highest BCUT2D eigenvalue weighted by Gasteiger charge is 2.26. The summed E-state index contributed by atoms with van der Waals surface area (Å²) in [4.78, 5) is 13.4. The van der Waals surface area contributed by atoms with Crippen LogP contribution in [0.2, 0.25) is 0 Å². The molecule has 1 aliphatic rings. The number of carboxylic acids is 1. The van der Waals surface area contributed by atoms with Crippen molar-refractivity contribution in [2.24, 2.45) is 0 Å². The van der Waals surface area contributed by atoms with Gasteiger partial charge in [0.25, 0.3) is 0 Å². The van der Waals surface area contributed by atoms with Gasteiger partial charge in [-0.1, -0.05) is 18.6 Å². The van der Waals surface area contributed by atoms with E-state index in [0.29, 0.717) is 6.42 Å². The maximum Gasteiger partial charge on any atom is 0.321 e. The zero-order chi connectivity index (χ0) is 13.0. The van der Waals surface area contributed by atoms with Crippen molar-refractivity contribution in [2.45, 2.75) is 31.7 Å². The lowest BCUT2D eigenvalue weighted by Gasteiger charge is -2.32. The summed E-state index contributed by atoms with van der Waals surface area (Å²) in [6.45, 7) is 1.69. The first-order chi connectivity index (χ1) is 8.66. The molecule has 0 aliphatic carbocycles. The molecule has 3 nitrogen and oxygen atoms in total. The molecule has 1 fully saturated rings. The molecule has 1 saturated heterocycles. The fraction of sp³-hybridized carbons (Fsp3) is 0.500. The fourth-order valence-electron chi connectivity index (χ4n) is 2.45. The van der Waals surface area contributed by atoms with Crippen molar-refractivity contribution in [3.05, 3.63) is 35.6 Å². The quantitative estimate of drug-likeness (QED) is 0.892. The molecule has 1 atom stereocenters. The van der Waals surface area contributed by atoms with Crippen molar-refractivity contribution in [2.75, 3.05) is 13.1 Å². The number of hydrogen-bond acceptors (Lipinski definition) is 2. The van der Waals surface area contributed by atoms with Gasteiger partial charge in [0.15, 0.2) is 0 Å². The Morgan fingerprint density at radius 3 is 2.39 bits per heavy atom. The predicted octanol–water partition coefficient (Wildman–Crippen LogP) is 2.31. The molecule has 0 aromatic heterocycles. The van der Waals surface area contributed by atoms with Gasteiger partial charge in [-0.05, 0) is 50.0 Å². The van der Waals surface area contributed by atoms with Gasteiger partial charge in [0.05, 0.1) is 0 Å². The highest BCUT2D eigenvalue weighted by atomic mass is 19.1. The third-order valence-corrected chi connectivity index (χ3v) is 3.46. The number of rotatable bonds is 4. The van der Waals surface area contributed by atoms with Crippen LogP contribution in [0.4, 0.5) is 4.39 Å². The van der Waals surface area contributed by atoms with Gasteiger partial charge in [-0.25, -0.2) is 4.39 Å². The Morgan fingerprint density at radius 1 is 1.22 bits per heavy atom. The van der Waals surface area contributed by atoms with E-state index in [1.165, 1.54) is 18.6 Å². The van der Waals surface area contributed by atoms with E-state index in [0.717, 1.165) is 31.5 Å². The maximum atomic E-state index is 12.8. The average molecular weight is 251 g/mol. The van der Waals surface area contributed by atoms with E-state index in [4.69, 9.17) is 0 Å². The molecular weight excluding hydrogens is 233 g/mol. The first kappa shape index (κ1) is 13.0. The summed E-state index contributed by atoms with van der Waals surface area (Å²) in [6.07, 6.45) is 3.75. The molecule has 0 amide bonds. The van der Waals surface area contributed by atoms with Crippen LogP contribution >= 0.6 is 0 Å². The van der Waals surface area contributed by atoms with Crippen LogP contribution in [0.1, 0.15) is 24.8 Å². The standard InChI is InChI=1S/C14H18FNO2/c15-12-6-4-11(5-7-12)10-13(14(17)18)16-8-2-1-3-9-16/h4-7,13H,1-3,8-10H2,(H,17,18)/t13-/m0/s1. The van der Waals surface area contributed by atoms with Gasteiger partial charge in [-0.3, -0.25) is 9.69 Å². The molecule has 98 valence electrons. The minimum atomic E-state index is -0.791. The number of hydrogen-bond donors (Lipinski definition) is 1. The lowest BCUT2D eigenvalue weighted by Crippen LogP contribution is -2.45. The summed E-state index contributed by atoms with van der Waals surface area (Å²) in [5.41, 5.74) is 0.870. The largest absolute Gasteiger partial charge is 0.480 e. The predicted molar refractivity (Wildman–Crippen MR) is 67.0 cm³/mol. The van der Waals surface area contributed by atoms with Crippen LogP contribution in [0.15, 0.2) is 24.3 Å². The highest BCUT2D eigenvalue weighted by Crippen LogP contribution is 2.16. The van der Waals surface area contributed by atoms with Crippen LogP contribution in [-0.4, -0.2) is 35.1 Å². The van der Waals surface area contributed by atoms with Crippen molar-refractivity contribution >= 4 is 5.97 Å². The van der Waals surface area contributed by atoms with Gasteiger partial charge >= 0.3 is 5.97 Å². The minimum absolute atomic E-state index is 0.288. The normalized spacial score (nSPS) is 18.5. The molecule has 0 saturated carbocycles. The van der Waals surface area contributed by atoms with Crippen molar-refractivity contribution in [3.63, 3.8) is 0 Å². The number of nitrogens with zero attached hydrogens (tertiary/aromatic N) is 1. The Morgan fingerprint density at radius 2 is 1.83 bits per heavy atom. The van der Waals surface area contributed by atoms with Crippen molar-refractivity contribution in [1.82, 2.24) is 4.90 Å². The molecule has 0 spiro atoms. The van der Waals surface area contributed by atoms with E-state index in [2.05, 4.69) is 0 Å². The molecule has 2 rings (SSSR count). The fourth-order valence-corrected chi connectivity index (χ4v) is 2.45. The van der Waals surface area contributed by atoms with Gasteiger partial charge in [0.1, 0.15) is 11.9 Å². The third-order valence-electron chi connectivity index (χ3n) is 3.46. The highest BCUT2D eigenvalue weighted by molar-refractivity contribution is 5.74. The van der Waals surface area contributed by atoms with Crippen LogP contribution in [0, 0.1) is 5.82 Å². The van der Waals surface area contributed by atoms with Gasteiger partial charge in [-0.15, -0.1) is 0 Å². The van der Waals surface area contributed by atoms with Gasteiger partial charge < -0.3 is 5.11 Å². The number of likely N-dealkylation sites (tertiary alicyclic amines) is 1. The summed E-state index contributed by atoms with van der Waals surface area (Å²) in [5.74, 6) is -1.08. The second-order valence-corrected chi connectivity index (χ2v) is 4.78. The Bertz CT molecular complexity index is 399. The molecule has 0 bridgehead atoms. The van der Waals surface area contributed by atoms with E-state index in [1.807, 2.05) is 4.90 Å². The van der Waals surface area contributed by atoms with Crippen molar-refractivity contribution < 1.29 is 14.3 Å². The zero-order valence-electron chi connectivity index (χ0n) is 10.3. The minimum Gasteiger partial charge on any atom is -0.480 e. The van der Waals surface area contributed by atoms with Crippen LogP contribution in [0.25, 0.3) is 0 Å². The number of carbonyl (C=O) groups is 1. The lowest BCUT2D eigenvalue weighted by atomic mass is 10.0. The van der Waals surface area contributed by atoms with E-state index in [-0.39, 0.29) is 5.82 Å². The third kappa shape index (κ3) is 3.29. The monoisotopic (exact) mass is 251 g/mol. The van der Waals surface area contributed by atoms with E-state index in [9.17, 15) is 14.3 Å². The first-order valence-electron chi connectivity index (χ1n) is 6.38. The molecule has 4 heteroatoms.